The summed E-state index contributed by atoms with van der Waals surface area (Å²) in [5.41, 5.74) is 4.67. The first-order chi connectivity index (χ1) is 13.6. The second kappa shape index (κ2) is 9.40. The maximum Gasteiger partial charge on any atom is 0.225 e. The number of hydrogen-bond acceptors (Lipinski definition) is 2. The van der Waals surface area contributed by atoms with E-state index in [2.05, 4.69) is 67.1 Å². The normalized spacial score (nSPS) is 17.5. The van der Waals surface area contributed by atoms with E-state index >= 15 is 0 Å². The number of guanidine groups is 1. The van der Waals surface area contributed by atoms with Crippen molar-refractivity contribution in [3.63, 3.8) is 0 Å². The zero-order chi connectivity index (χ0) is 19.9. The summed E-state index contributed by atoms with van der Waals surface area (Å²) in [6, 6.07) is 16.6. The van der Waals surface area contributed by atoms with Gasteiger partial charge in [-0.05, 0) is 31.0 Å². The standard InChI is InChI=1S/C23H30N4O/c1-4-24-23(25-14-17(3)18-9-7-8-16(2)12-18)26-15-19-13-22(28)27-21-11-6-5-10-20(19)21/h5-12,17,19H,4,13-15H2,1-3H3,(H,27,28)(H2,24,25,26). The number of nitrogens with one attached hydrogen (secondary N) is 3. The fourth-order valence-corrected chi connectivity index (χ4v) is 3.56. The molecule has 2 aromatic carbocycles. The van der Waals surface area contributed by atoms with E-state index < -0.39 is 0 Å². The van der Waals surface area contributed by atoms with Crippen molar-refractivity contribution in [3.05, 3.63) is 65.2 Å². The SMILES string of the molecule is CCNC(=NCC(C)c1cccc(C)c1)NCC1CC(=O)Nc2ccccc21. The number of aliphatic imine (C=N–C) groups is 1. The van der Waals surface area contributed by atoms with E-state index in [1.165, 1.54) is 16.7 Å². The molecule has 28 heavy (non-hydrogen) atoms. The molecule has 3 rings (SSSR count). The number of hydrogen-bond donors (Lipinski definition) is 3. The maximum absolute atomic E-state index is 12.0. The monoisotopic (exact) mass is 378 g/mol. The third-order valence-corrected chi connectivity index (χ3v) is 5.10. The fourth-order valence-electron chi connectivity index (χ4n) is 3.56. The summed E-state index contributed by atoms with van der Waals surface area (Å²) in [4.78, 5) is 16.8. The van der Waals surface area contributed by atoms with Gasteiger partial charge in [-0.1, -0.05) is 55.0 Å². The summed E-state index contributed by atoms with van der Waals surface area (Å²) in [5.74, 6) is 1.35. The molecule has 0 radical (unpaired) electrons. The van der Waals surface area contributed by atoms with Crippen LogP contribution in [0.4, 0.5) is 5.69 Å². The van der Waals surface area contributed by atoms with Gasteiger partial charge in [-0.25, -0.2) is 0 Å². The van der Waals surface area contributed by atoms with Gasteiger partial charge in [-0.2, -0.15) is 0 Å². The molecule has 5 heteroatoms. The zero-order valence-corrected chi connectivity index (χ0v) is 17.0. The topological polar surface area (TPSA) is 65.5 Å². The number of nitrogens with zero attached hydrogens (tertiary/aromatic N) is 1. The van der Waals surface area contributed by atoms with E-state index in [9.17, 15) is 4.79 Å². The van der Waals surface area contributed by atoms with Crippen LogP contribution in [0.2, 0.25) is 0 Å². The van der Waals surface area contributed by atoms with Crippen molar-refractivity contribution in [2.45, 2.75) is 39.0 Å². The molecule has 0 saturated heterocycles. The minimum absolute atomic E-state index is 0.0699. The second-order valence-corrected chi connectivity index (χ2v) is 7.45. The number of fused-ring (bicyclic) bond motifs is 1. The van der Waals surface area contributed by atoms with E-state index in [-0.39, 0.29) is 11.8 Å². The smallest absolute Gasteiger partial charge is 0.225 e. The van der Waals surface area contributed by atoms with E-state index in [0.717, 1.165) is 18.2 Å². The van der Waals surface area contributed by atoms with Gasteiger partial charge in [0.15, 0.2) is 5.96 Å². The molecule has 2 unspecified atom stereocenters. The minimum Gasteiger partial charge on any atom is -0.357 e. The molecular formula is C23H30N4O. The first-order valence-electron chi connectivity index (χ1n) is 10.0. The van der Waals surface area contributed by atoms with Crippen LogP contribution >= 0.6 is 0 Å². The third-order valence-electron chi connectivity index (χ3n) is 5.10. The number of rotatable bonds is 6. The van der Waals surface area contributed by atoms with Crippen LogP contribution in [0.5, 0.6) is 0 Å². The quantitative estimate of drug-likeness (QED) is 0.529. The van der Waals surface area contributed by atoms with Crippen LogP contribution in [0.25, 0.3) is 0 Å². The summed E-state index contributed by atoms with van der Waals surface area (Å²) >= 11 is 0. The second-order valence-electron chi connectivity index (χ2n) is 7.45. The molecular weight excluding hydrogens is 348 g/mol. The highest BCUT2D eigenvalue weighted by molar-refractivity contribution is 5.94. The Labute approximate surface area is 167 Å². The Morgan fingerprint density at radius 1 is 1.21 bits per heavy atom. The summed E-state index contributed by atoms with van der Waals surface area (Å²) in [5, 5.41) is 9.70. The molecule has 1 aliphatic rings. The molecule has 0 fully saturated rings. The molecule has 0 spiro atoms. The molecule has 1 amide bonds. The molecule has 0 saturated carbocycles. The van der Waals surface area contributed by atoms with Crippen LogP contribution in [-0.4, -0.2) is 31.5 Å². The Morgan fingerprint density at radius 2 is 2.04 bits per heavy atom. The predicted molar refractivity (Wildman–Crippen MR) is 116 cm³/mol. The highest BCUT2D eigenvalue weighted by atomic mass is 16.1. The molecule has 0 aliphatic carbocycles. The molecule has 148 valence electrons. The fraction of sp³-hybridized carbons (Fsp3) is 0.391. The summed E-state index contributed by atoms with van der Waals surface area (Å²) in [6.07, 6.45) is 0.489. The van der Waals surface area contributed by atoms with Gasteiger partial charge in [-0.3, -0.25) is 9.79 Å². The Bertz CT molecular complexity index is 846. The average molecular weight is 379 g/mol. The van der Waals surface area contributed by atoms with Gasteiger partial charge >= 0.3 is 0 Å². The van der Waals surface area contributed by atoms with E-state index in [1.54, 1.807) is 0 Å². The zero-order valence-electron chi connectivity index (χ0n) is 17.0. The van der Waals surface area contributed by atoms with Crippen molar-refractivity contribution in [1.82, 2.24) is 10.6 Å². The van der Waals surface area contributed by atoms with Gasteiger partial charge in [-0.15, -0.1) is 0 Å². The van der Waals surface area contributed by atoms with Crippen LogP contribution in [0.3, 0.4) is 0 Å². The van der Waals surface area contributed by atoms with Gasteiger partial charge < -0.3 is 16.0 Å². The van der Waals surface area contributed by atoms with E-state index in [0.29, 0.717) is 25.4 Å². The lowest BCUT2D eigenvalue weighted by molar-refractivity contribution is -0.116. The lowest BCUT2D eigenvalue weighted by Gasteiger charge is -2.26. The lowest BCUT2D eigenvalue weighted by atomic mass is 9.90. The number of aryl methyl sites for hydroxylation is 1. The highest BCUT2D eigenvalue weighted by Gasteiger charge is 2.24. The van der Waals surface area contributed by atoms with Gasteiger partial charge in [0, 0.05) is 43.6 Å². The molecule has 0 aromatic heterocycles. The van der Waals surface area contributed by atoms with Crippen molar-refractivity contribution in [1.29, 1.82) is 0 Å². The molecule has 1 heterocycles. The molecule has 1 aliphatic heterocycles. The summed E-state index contributed by atoms with van der Waals surface area (Å²) in [7, 11) is 0. The molecule has 2 aromatic rings. The molecule has 0 bridgehead atoms. The van der Waals surface area contributed by atoms with Gasteiger partial charge in [0.05, 0.1) is 0 Å². The van der Waals surface area contributed by atoms with Crippen molar-refractivity contribution in [2.24, 2.45) is 4.99 Å². The minimum atomic E-state index is 0.0699. The number of carbonyl (C=O) groups excluding carboxylic acids is 1. The number of amides is 1. The van der Waals surface area contributed by atoms with Crippen LogP contribution in [0, 0.1) is 6.92 Å². The molecule has 2 atom stereocenters. The van der Waals surface area contributed by atoms with Crippen LogP contribution in [0.15, 0.2) is 53.5 Å². The number of para-hydroxylation sites is 1. The number of carbonyl (C=O) groups is 1. The van der Waals surface area contributed by atoms with Crippen LogP contribution in [0.1, 0.15) is 48.8 Å². The number of anilines is 1. The highest BCUT2D eigenvalue weighted by Crippen LogP contribution is 2.31. The van der Waals surface area contributed by atoms with Crippen molar-refractivity contribution in [3.8, 4) is 0 Å². The first-order valence-corrected chi connectivity index (χ1v) is 10.0. The average Bonchev–Trinajstić information content (AvgIpc) is 2.69. The molecule has 3 N–H and O–H groups in total. The Hall–Kier alpha value is -2.82. The predicted octanol–water partition coefficient (Wildman–Crippen LogP) is 3.78. The summed E-state index contributed by atoms with van der Waals surface area (Å²) in [6.45, 7) is 8.55. The molecule has 5 nitrogen and oxygen atoms in total. The van der Waals surface area contributed by atoms with Crippen molar-refractivity contribution in [2.75, 3.05) is 25.0 Å². The van der Waals surface area contributed by atoms with Crippen LogP contribution in [-0.2, 0) is 4.79 Å². The van der Waals surface area contributed by atoms with Crippen LogP contribution < -0.4 is 16.0 Å². The van der Waals surface area contributed by atoms with E-state index in [1.807, 2.05) is 18.2 Å². The Kier molecular flexibility index (Phi) is 6.69. The third kappa shape index (κ3) is 5.12. The van der Waals surface area contributed by atoms with Gasteiger partial charge in [0.2, 0.25) is 5.91 Å². The lowest BCUT2D eigenvalue weighted by Crippen LogP contribution is -2.41. The van der Waals surface area contributed by atoms with Gasteiger partial charge in [0.1, 0.15) is 0 Å². The maximum atomic E-state index is 12.0. The Balaban J connectivity index is 1.65. The van der Waals surface area contributed by atoms with E-state index in [4.69, 9.17) is 4.99 Å². The largest absolute Gasteiger partial charge is 0.357 e. The van der Waals surface area contributed by atoms with Crippen molar-refractivity contribution >= 4 is 17.6 Å². The van der Waals surface area contributed by atoms with Gasteiger partial charge in [0.25, 0.3) is 0 Å². The Morgan fingerprint density at radius 3 is 2.82 bits per heavy atom. The summed E-state index contributed by atoms with van der Waals surface area (Å²) < 4.78 is 0. The number of benzene rings is 2. The van der Waals surface area contributed by atoms with Crippen molar-refractivity contribution < 1.29 is 4.79 Å². The first kappa shape index (κ1) is 19.9.